The van der Waals surface area contributed by atoms with Crippen LogP contribution in [0.5, 0.6) is 0 Å². The predicted molar refractivity (Wildman–Crippen MR) is 106 cm³/mol. The van der Waals surface area contributed by atoms with Gasteiger partial charge in [0.2, 0.25) is 5.91 Å². The molecular weight excluding hydrogens is 384 g/mol. The molecule has 2 aromatic rings. The van der Waals surface area contributed by atoms with Crippen molar-refractivity contribution in [2.24, 2.45) is 0 Å². The molecule has 1 aromatic heterocycles. The summed E-state index contributed by atoms with van der Waals surface area (Å²) in [7, 11) is -3.02. The summed E-state index contributed by atoms with van der Waals surface area (Å²) in [4.78, 5) is 14.4. The normalized spacial score (nSPS) is 18.5. The van der Waals surface area contributed by atoms with Gasteiger partial charge in [-0.1, -0.05) is 42.1 Å². The number of thioether (sulfide) groups is 1. The molecule has 146 valence electrons. The molecule has 1 atom stereocenters. The Morgan fingerprint density at radius 1 is 1.26 bits per heavy atom. The zero-order valence-electron chi connectivity index (χ0n) is 15.5. The Kier molecular flexibility index (Phi) is 6.21. The van der Waals surface area contributed by atoms with Crippen LogP contribution in [-0.4, -0.2) is 63.8 Å². The average Bonchev–Trinajstić information content (AvgIpc) is 3.24. The maximum atomic E-state index is 12.7. The molecule has 0 radical (unpaired) electrons. The molecule has 27 heavy (non-hydrogen) atoms. The first-order valence-corrected chi connectivity index (χ1v) is 11.9. The van der Waals surface area contributed by atoms with Crippen LogP contribution in [0.3, 0.4) is 0 Å². The van der Waals surface area contributed by atoms with Crippen LogP contribution in [0.15, 0.2) is 35.5 Å². The van der Waals surface area contributed by atoms with E-state index in [1.807, 2.05) is 48.7 Å². The van der Waals surface area contributed by atoms with Crippen LogP contribution < -0.4 is 0 Å². The van der Waals surface area contributed by atoms with E-state index in [-0.39, 0.29) is 29.2 Å². The van der Waals surface area contributed by atoms with E-state index < -0.39 is 9.84 Å². The van der Waals surface area contributed by atoms with Gasteiger partial charge in [0.1, 0.15) is 0 Å². The van der Waals surface area contributed by atoms with Gasteiger partial charge in [0.25, 0.3) is 0 Å². The van der Waals surface area contributed by atoms with E-state index in [1.54, 1.807) is 4.90 Å². The Labute approximate surface area is 164 Å². The van der Waals surface area contributed by atoms with Gasteiger partial charge >= 0.3 is 0 Å². The molecule has 7 nitrogen and oxygen atoms in total. The first-order chi connectivity index (χ1) is 12.9. The van der Waals surface area contributed by atoms with Crippen molar-refractivity contribution in [2.75, 3.05) is 23.8 Å². The molecule has 1 aromatic carbocycles. The Morgan fingerprint density at radius 2 is 2.00 bits per heavy atom. The zero-order valence-corrected chi connectivity index (χ0v) is 17.2. The van der Waals surface area contributed by atoms with Crippen LogP contribution in [0.2, 0.25) is 0 Å². The number of carbonyl (C=O) groups excluding carboxylic acids is 1. The third kappa shape index (κ3) is 4.52. The lowest BCUT2D eigenvalue weighted by molar-refractivity contribution is -0.129. The van der Waals surface area contributed by atoms with Crippen LogP contribution in [-0.2, 0) is 21.2 Å². The fourth-order valence-corrected chi connectivity index (χ4v) is 5.97. The SMILES string of the molecule is CCN(C(=O)CSc1nnc(-c2ccccc2)n1CC)C1CCS(=O)(=O)C1. The molecule has 1 amide bonds. The van der Waals surface area contributed by atoms with Gasteiger partial charge in [-0.05, 0) is 20.3 Å². The van der Waals surface area contributed by atoms with Crippen molar-refractivity contribution >= 4 is 27.5 Å². The van der Waals surface area contributed by atoms with E-state index in [0.717, 1.165) is 11.4 Å². The van der Waals surface area contributed by atoms with Crippen molar-refractivity contribution < 1.29 is 13.2 Å². The Balaban J connectivity index is 1.69. The maximum absolute atomic E-state index is 12.7. The summed E-state index contributed by atoms with van der Waals surface area (Å²) in [5.74, 6) is 1.18. The molecule has 3 rings (SSSR count). The third-order valence-electron chi connectivity index (χ3n) is 4.70. The summed E-state index contributed by atoms with van der Waals surface area (Å²) in [6.45, 7) is 5.11. The molecule has 9 heteroatoms. The first kappa shape index (κ1) is 19.9. The largest absolute Gasteiger partial charge is 0.338 e. The molecule has 1 fully saturated rings. The second kappa shape index (κ2) is 8.43. The van der Waals surface area contributed by atoms with Gasteiger partial charge in [0.05, 0.1) is 17.3 Å². The molecule has 0 N–H and O–H groups in total. The quantitative estimate of drug-likeness (QED) is 0.652. The summed E-state index contributed by atoms with van der Waals surface area (Å²) in [6, 6.07) is 9.61. The summed E-state index contributed by atoms with van der Waals surface area (Å²) < 4.78 is 25.4. The highest BCUT2D eigenvalue weighted by molar-refractivity contribution is 7.99. The molecule has 1 aliphatic rings. The number of amides is 1. The van der Waals surface area contributed by atoms with E-state index in [1.165, 1.54) is 11.8 Å². The van der Waals surface area contributed by atoms with Gasteiger partial charge in [-0.2, -0.15) is 0 Å². The molecule has 1 aliphatic heterocycles. The maximum Gasteiger partial charge on any atom is 0.233 e. The third-order valence-corrected chi connectivity index (χ3v) is 7.40. The molecule has 1 saturated heterocycles. The van der Waals surface area contributed by atoms with E-state index >= 15 is 0 Å². The summed E-state index contributed by atoms with van der Waals surface area (Å²) in [5.41, 5.74) is 0.983. The highest BCUT2D eigenvalue weighted by Gasteiger charge is 2.33. The molecule has 1 unspecified atom stereocenters. The molecule has 0 bridgehead atoms. The van der Waals surface area contributed by atoms with Crippen molar-refractivity contribution in [3.63, 3.8) is 0 Å². The fraction of sp³-hybridized carbons (Fsp3) is 0.500. The fourth-order valence-electron chi connectivity index (χ4n) is 3.35. The van der Waals surface area contributed by atoms with E-state index in [2.05, 4.69) is 10.2 Å². The molecule has 0 spiro atoms. The van der Waals surface area contributed by atoms with Crippen molar-refractivity contribution in [3.05, 3.63) is 30.3 Å². The van der Waals surface area contributed by atoms with Crippen molar-refractivity contribution in [1.29, 1.82) is 0 Å². The lowest BCUT2D eigenvalue weighted by Gasteiger charge is -2.26. The average molecular weight is 409 g/mol. The topological polar surface area (TPSA) is 85.2 Å². The zero-order chi connectivity index (χ0) is 19.4. The summed E-state index contributed by atoms with van der Waals surface area (Å²) in [6.07, 6.45) is 0.524. The Morgan fingerprint density at radius 3 is 2.59 bits per heavy atom. The van der Waals surface area contributed by atoms with Crippen molar-refractivity contribution in [2.45, 2.75) is 38.0 Å². The molecule has 0 aliphatic carbocycles. The minimum Gasteiger partial charge on any atom is -0.338 e. The number of hydrogen-bond acceptors (Lipinski definition) is 6. The Bertz CT molecular complexity index is 897. The van der Waals surface area contributed by atoms with E-state index in [0.29, 0.717) is 24.7 Å². The second-order valence-electron chi connectivity index (χ2n) is 6.44. The minimum atomic E-state index is -3.02. The first-order valence-electron chi connectivity index (χ1n) is 9.06. The smallest absolute Gasteiger partial charge is 0.233 e. The van der Waals surface area contributed by atoms with Crippen molar-refractivity contribution in [1.82, 2.24) is 19.7 Å². The number of hydrogen-bond donors (Lipinski definition) is 0. The molecule has 2 heterocycles. The number of sulfone groups is 1. The molecule has 0 saturated carbocycles. The molecular formula is C18H24N4O3S2. The number of aromatic nitrogens is 3. The lowest BCUT2D eigenvalue weighted by Crippen LogP contribution is -2.42. The predicted octanol–water partition coefficient (Wildman–Crippen LogP) is 2.09. The number of benzene rings is 1. The Hall–Kier alpha value is -1.87. The van der Waals surface area contributed by atoms with Gasteiger partial charge in [-0.3, -0.25) is 4.79 Å². The summed E-state index contributed by atoms with van der Waals surface area (Å²) >= 11 is 1.35. The van der Waals surface area contributed by atoms with Gasteiger partial charge in [0.15, 0.2) is 20.8 Å². The van der Waals surface area contributed by atoms with Crippen LogP contribution in [0.1, 0.15) is 20.3 Å². The minimum absolute atomic E-state index is 0.0588. The van der Waals surface area contributed by atoms with Crippen LogP contribution in [0.25, 0.3) is 11.4 Å². The second-order valence-corrected chi connectivity index (χ2v) is 9.61. The number of rotatable bonds is 7. The van der Waals surface area contributed by atoms with E-state index in [9.17, 15) is 13.2 Å². The van der Waals surface area contributed by atoms with Gasteiger partial charge in [0, 0.05) is 24.7 Å². The van der Waals surface area contributed by atoms with Crippen LogP contribution in [0, 0.1) is 0 Å². The number of nitrogens with zero attached hydrogens (tertiary/aromatic N) is 4. The van der Waals surface area contributed by atoms with Crippen LogP contribution in [0.4, 0.5) is 0 Å². The highest BCUT2D eigenvalue weighted by Crippen LogP contribution is 2.25. The van der Waals surface area contributed by atoms with Gasteiger partial charge in [-0.15, -0.1) is 10.2 Å². The summed E-state index contributed by atoms with van der Waals surface area (Å²) in [5, 5.41) is 9.23. The van der Waals surface area contributed by atoms with Gasteiger partial charge in [-0.25, -0.2) is 8.42 Å². The van der Waals surface area contributed by atoms with Crippen LogP contribution >= 0.6 is 11.8 Å². The monoisotopic (exact) mass is 408 g/mol. The van der Waals surface area contributed by atoms with E-state index in [4.69, 9.17) is 0 Å². The number of carbonyl (C=O) groups is 1. The van der Waals surface area contributed by atoms with Crippen molar-refractivity contribution in [3.8, 4) is 11.4 Å². The standard InChI is InChI=1S/C18H24N4O3S2/c1-3-21(15-10-11-27(24,25)13-15)16(23)12-26-18-20-19-17(22(18)4-2)14-8-6-5-7-9-14/h5-9,15H,3-4,10-13H2,1-2H3. The lowest BCUT2D eigenvalue weighted by atomic mass is 10.2. The highest BCUT2D eigenvalue weighted by atomic mass is 32.2. The van der Waals surface area contributed by atoms with Gasteiger partial charge < -0.3 is 9.47 Å².